The number of aryl methyl sites for hydroxylation is 1. The molecule has 9 aliphatic rings. The molecule has 12 aromatic rings. The standard InChI is InChI=1S/C27H28F2N2S.C20H21BrF2N2.C20H21ClF2N2O2S.C11H13N3O2S.C10H8Br2F2.C10H9BrF2.C10H14N2/c28-27(29)14-13-26(31-16-5-4-10-25(31)21-9-6-15-30-18-21)23-12-11-22(17-24(23)27)32-19-20-7-2-1-3-8-20;21-15-6-7-16-17(12-15)20(22,23)9-8-19(16)25-11-2-1-5-18(25)14-4-3-10-24-13-14;21-28(26,27)15-6-7-16-17(12-15)20(22,23)9-8-19(16)25-11-2-1-5-18(25)14-4-3-10-24-13-14;1-15-9-4-3-8(10(5-9)16-2)6-12-11-13-7-14-17-11;11-6-1-2-7-8(5-6)10(13,14)4-3-9(7)12;11-8-4-3-7-2-1-5-10(12,13)9(7)6-8;1-2-7-12-10(5-1)9-4-3-6-11-8-9/h1-3,6-9,11-12,15,17-18,25-26H,4-5,10,13-14,16,19H2;3-4,6-7,10,12-13,18-19H,1-2,5,8-9,11H2;3-4,6-7,10,12-13,18-19H,1-2,5,8-9,11H2;3-5,7H,6H2,1-2H3,(H,12,13,14);1-2,5,9H,3-4H2;3-4,6H,1-2,5H2;3-4,6,8,10,12H,1-2,5,7H2/t25-,26?;2*18-,19?;;;;10-/m000...0/s1. The Morgan fingerprint density at radius 2 is 0.922 bits per heavy atom. The highest BCUT2D eigenvalue weighted by Gasteiger charge is 2.49. The Morgan fingerprint density at radius 1 is 0.461 bits per heavy atom. The first-order valence-electron chi connectivity index (χ1n) is 48.0. The molecular formula is C108H114Br4ClF10N11O4S3. The van der Waals surface area contributed by atoms with Crippen LogP contribution in [-0.2, 0) is 57.4 Å². The zero-order valence-corrected chi connectivity index (χ0v) is 87.8. The van der Waals surface area contributed by atoms with E-state index in [1.165, 1.54) is 96.5 Å². The van der Waals surface area contributed by atoms with Gasteiger partial charge >= 0.3 is 0 Å². The fourth-order valence-electron chi connectivity index (χ4n) is 20.6. The molecule has 9 heterocycles. The number of piperidine rings is 4. The van der Waals surface area contributed by atoms with Crippen LogP contribution >= 0.6 is 97.7 Å². The SMILES string of the molecule is COc1ccc(CNc2ncns2)c(OC)c1.FC1(F)CCC(Br)c2ccc(Br)cc21.FC1(F)CCC(N2CCCC[C@H]2c2cccnc2)c2ccc(Br)cc21.FC1(F)CCC(N2CCCC[C@H]2c2cccnc2)c2ccc(SCc3ccccc3)cc21.FC1(F)CCCc2ccc(Br)cc21.O=S(=O)(Cl)c1ccc2c(c1)C(F)(F)CCC2N1CCCC[C@H]1c1cccnc1.c1cncc([C@@H]2CCCCN2)c1. The average molecular weight is 2270 g/mol. The molecule has 4 fully saturated rings. The van der Waals surface area contributed by atoms with Gasteiger partial charge in [-0.05, 0) is 269 Å². The van der Waals surface area contributed by atoms with Crippen molar-refractivity contribution in [2.24, 2.45) is 0 Å². The molecule has 7 aromatic carbocycles. The molecule has 0 radical (unpaired) electrons. The third-order valence-electron chi connectivity index (χ3n) is 27.6. The van der Waals surface area contributed by atoms with Gasteiger partial charge in [0.25, 0.3) is 38.7 Å². The van der Waals surface area contributed by atoms with E-state index in [4.69, 9.17) is 20.2 Å². The number of fused-ring (bicyclic) bond motifs is 5. The molecule has 33 heteroatoms. The Balaban J connectivity index is 0.000000128. The van der Waals surface area contributed by atoms with E-state index in [-0.39, 0.29) is 106 Å². The van der Waals surface area contributed by atoms with Crippen molar-refractivity contribution in [3.05, 3.63) is 346 Å². The van der Waals surface area contributed by atoms with Gasteiger partial charge in [-0.2, -0.15) is 4.37 Å². The monoisotopic (exact) mass is 2270 g/mol. The molecule has 4 unspecified atom stereocenters. The van der Waals surface area contributed by atoms with E-state index < -0.39 is 38.7 Å². The maximum Gasteiger partial charge on any atom is 0.273 e. The lowest BCUT2D eigenvalue weighted by Crippen LogP contribution is -2.40. The van der Waals surface area contributed by atoms with E-state index in [1.807, 2.05) is 128 Å². The smallest absolute Gasteiger partial charge is 0.273 e. The first-order valence-corrected chi connectivity index (χ1v) is 55.4. The minimum absolute atomic E-state index is 0.0174. The molecule has 748 valence electrons. The third-order valence-corrected chi connectivity index (χ3v) is 33.1. The zero-order valence-electron chi connectivity index (χ0n) is 78.3. The number of methoxy groups -OCH3 is 2. The van der Waals surface area contributed by atoms with Crippen LogP contribution in [0.15, 0.2) is 267 Å². The molecular weight excluding hydrogens is 2160 g/mol. The third kappa shape index (κ3) is 27.7. The molecule has 2 N–H and O–H groups in total. The number of pyridine rings is 4. The molecule has 21 rings (SSSR count). The van der Waals surface area contributed by atoms with Crippen LogP contribution in [0.5, 0.6) is 11.5 Å². The van der Waals surface area contributed by atoms with Crippen molar-refractivity contribution >= 4 is 112 Å². The fraction of sp³-hybridized carbons (Fsp3) is 0.407. The number of rotatable bonds is 16. The van der Waals surface area contributed by atoms with Gasteiger partial charge in [0.05, 0.1) is 19.1 Å². The lowest BCUT2D eigenvalue weighted by Gasteiger charge is -2.45. The van der Waals surface area contributed by atoms with E-state index in [0.717, 1.165) is 143 Å². The number of benzene rings is 7. The molecule has 0 saturated carbocycles. The maximum atomic E-state index is 15.1. The number of aromatic nitrogens is 6. The highest BCUT2D eigenvalue weighted by Crippen LogP contribution is 2.56. The molecule has 5 aromatic heterocycles. The molecule has 0 spiro atoms. The number of thioether (sulfide) groups is 1. The summed E-state index contributed by atoms with van der Waals surface area (Å²) in [7, 11) is 4.60. The summed E-state index contributed by atoms with van der Waals surface area (Å²) >= 11 is 16.1. The van der Waals surface area contributed by atoms with Gasteiger partial charge in [-0.25, -0.2) is 57.3 Å². The number of nitrogens with one attached hydrogen (secondary N) is 2. The Labute approximate surface area is 865 Å². The highest BCUT2D eigenvalue weighted by atomic mass is 79.9. The van der Waals surface area contributed by atoms with Gasteiger partial charge in [0, 0.05) is 221 Å². The van der Waals surface area contributed by atoms with Crippen LogP contribution in [-0.4, -0.2) is 92.8 Å². The minimum atomic E-state index is -4.07. The largest absolute Gasteiger partial charge is 0.497 e. The lowest BCUT2D eigenvalue weighted by molar-refractivity contribution is -0.0426. The van der Waals surface area contributed by atoms with E-state index in [0.29, 0.717) is 64.8 Å². The van der Waals surface area contributed by atoms with Crippen molar-refractivity contribution in [1.29, 1.82) is 0 Å². The number of ether oxygens (including phenoxy) is 2. The van der Waals surface area contributed by atoms with Crippen LogP contribution in [0.3, 0.4) is 0 Å². The molecule has 4 saturated heterocycles. The summed E-state index contributed by atoms with van der Waals surface area (Å²) in [4.78, 5) is 28.8. The summed E-state index contributed by atoms with van der Waals surface area (Å²) in [6.45, 7) is 4.50. The van der Waals surface area contributed by atoms with Crippen LogP contribution in [0.1, 0.15) is 277 Å². The Hall–Kier alpha value is -8.25. The van der Waals surface area contributed by atoms with Crippen LogP contribution in [0, 0.1) is 0 Å². The van der Waals surface area contributed by atoms with Crippen molar-refractivity contribution in [2.45, 2.75) is 247 Å². The molecule has 15 nitrogen and oxygen atoms in total. The summed E-state index contributed by atoms with van der Waals surface area (Å²) in [5, 5.41) is 7.47. The molecule has 141 heavy (non-hydrogen) atoms. The van der Waals surface area contributed by atoms with E-state index >= 15 is 8.78 Å². The number of likely N-dealkylation sites (tertiary alicyclic amines) is 3. The van der Waals surface area contributed by atoms with Crippen LogP contribution in [0.2, 0.25) is 0 Å². The van der Waals surface area contributed by atoms with Gasteiger partial charge in [-0.3, -0.25) is 34.6 Å². The van der Waals surface area contributed by atoms with Crippen LogP contribution in [0.25, 0.3) is 0 Å². The summed E-state index contributed by atoms with van der Waals surface area (Å²) in [6, 6.07) is 58.4. The maximum absolute atomic E-state index is 15.1. The van der Waals surface area contributed by atoms with Crippen LogP contribution in [0.4, 0.5) is 49.0 Å². The minimum Gasteiger partial charge on any atom is -0.497 e. The number of nitrogens with zero attached hydrogens (tertiary/aromatic N) is 9. The quantitative estimate of drug-likeness (QED) is 0.0406. The van der Waals surface area contributed by atoms with Crippen molar-refractivity contribution in [2.75, 3.05) is 45.7 Å². The first-order chi connectivity index (χ1) is 67.8. The second kappa shape index (κ2) is 49.3. The number of hydrogen-bond acceptors (Lipinski definition) is 17. The predicted octanol–water partition coefficient (Wildman–Crippen LogP) is 31.4. The van der Waals surface area contributed by atoms with E-state index in [1.54, 1.807) is 74.9 Å². The molecule has 5 aliphatic carbocycles. The molecule has 4 aliphatic heterocycles. The number of alkyl halides is 11. The first kappa shape index (κ1) is 107. The summed E-state index contributed by atoms with van der Waals surface area (Å²) in [5.41, 5.74) is 11.2. The van der Waals surface area contributed by atoms with Gasteiger partial charge in [-0.15, -0.1) is 11.8 Å². The Morgan fingerprint density at radius 3 is 1.40 bits per heavy atom. The van der Waals surface area contributed by atoms with E-state index in [9.17, 15) is 43.5 Å². The van der Waals surface area contributed by atoms with Crippen LogP contribution < -0.4 is 20.1 Å². The molecule has 0 bridgehead atoms. The summed E-state index contributed by atoms with van der Waals surface area (Å²) in [5.74, 6) is -11.5. The average Bonchev–Trinajstić information content (AvgIpc) is 0.860. The number of anilines is 1. The van der Waals surface area contributed by atoms with Crippen molar-refractivity contribution in [1.82, 2.24) is 49.3 Å². The van der Waals surface area contributed by atoms with Gasteiger partial charge < -0.3 is 20.1 Å². The van der Waals surface area contributed by atoms with Gasteiger partial charge in [0.2, 0.25) is 5.13 Å². The van der Waals surface area contributed by atoms with Gasteiger partial charge in [-0.1, -0.05) is 174 Å². The Bertz CT molecular complexity index is 6180. The lowest BCUT2D eigenvalue weighted by atomic mass is 9.82. The van der Waals surface area contributed by atoms with Crippen molar-refractivity contribution in [3.63, 3.8) is 0 Å². The number of halogens is 15. The van der Waals surface area contributed by atoms with Crippen molar-refractivity contribution < 1.29 is 61.8 Å². The molecule has 8 atom stereocenters. The van der Waals surface area contributed by atoms with E-state index in [2.05, 4.69) is 149 Å². The second-order valence-corrected chi connectivity index (χ2v) is 44.9. The van der Waals surface area contributed by atoms with Crippen molar-refractivity contribution in [3.8, 4) is 11.5 Å². The Kier molecular flexibility index (Phi) is 37.4. The predicted molar refractivity (Wildman–Crippen MR) is 552 cm³/mol. The van der Waals surface area contributed by atoms with Gasteiger partial charge in [0.1, 0.15) is 17.8 Å². The second-order valence-electron chi connectivity index (χ2n) is 36.7. The topological polar surface area (TPSA) is 164 Å². The zero-order chi connectivity index (χ0) is 99.5. The number of hydrogen-bond donors (Lipinski definition) is 2. The molecule has 0 amide bonds. The fourth-order valence-corrected chi connectivity index (χ4v) is 24.4. The summed E-state index contributed by atoms with van der Waals surface area (Å²) < 4.78 is 182. The normalized spacial score (nSPS) is 22.3. The summed E-state index contributed by atoms with van der Waals surface area (Å²) in [6.07, 6.45) is 32.5. The highest BCUT2D eigenvalue weighted by molar-refractivity contribution is 9.11. The van der Waals surface area contributed by atoms with Gasteiger partial charge in [0.15, 0.2) is 0 Å².